The quantitative estimate of drug-likeness (QED) is 0.630. The number of carbonyl (C=O) groups is 2. The first-order chi connectivity index (χ1) is 12.6. The van der Waals surface area contributed by atoms with Gasteiger partial charge in [0.05, 0.1) is 6.04 Å². The maximum atomic E-state index is 12.3. The van der Waals surface area contributed by atoms with Crippen LogP contribution in [0.25, 0.3) is 0 Å². The van der Waals surface area contributed by atoms with Crippen molar-refractivity contribution < 1.29 is 9.59 Å². The molecule has 26 heavy (non-hydrogen) atoms. The smallest absolute Gasteiger partial charge is 0.325 e. The molecule has 0 aliphatic carbocycles. The van der Waals surface area contributed by atoms with Crippen molar-refractivity contribution in [1.29, 1.82) is 0 Å². The fourth-order valence-electron chi connectivity index (χ4n) is 2.31. The summed E-state index contributed by atoms with van der Waals surface area (Å²) < 4.78 is 0. The monoisotopic (exact) mass is 366 g/mol. The second-order valence-electron chi connectivity index (χ2n) is 5.59. The Morgan fingerprint density at radius 3 is 2.31 bits per heavy atom. The molecule has 0 radical (unpaired) electrons. The maximum Gasteiger partial charge on any atom is 0.325 e. The Labute approximate surface area is 155 Å². The van der Waals surface area contributed by atoms with E-state index in [0.29, 0.717) is 10.8 Å². The van der Waals surface area contributed by atoms with Crippen molar-refractivity contribution in [3.05, 3.63) is 77.3 Å². The van der Waals surface area contributed by atoms with Gasteiger partial charge in [-0.3, -0.25) is 10.1 Å². The molecule has 1 unspecified atom stereocenters. The molecule has 6 nitrogen and oxygen atoms in total. The van der Waals surface area contributed by atoms with E-state index < -0.39 is 6.03 Å². The predicted octanol–water partition coefficient (Wildman–Crippen LogP) is 4.28. The van der Waals surface area contributed by atoms with Crippen LogP contribution in [-0.4, -0.2) is 16.9 Å². The summed E-state index contributed by atoms with van der Waals surface area (Å²) in [5.41, 5.74) is 1.96. The normalized spacial score (nSPS) is 11.4. The number of rotatable bonds is 5. The number of aromatic nitrogens is 1. The van der Waals surface area contributed by atoms with Gasteiger partial charge in [-0.2, -0.15) is 0 Å². The van der Waals surface area contributed by atoms with Gasteiger partial charge in [0.1, 0.15) is 5.69 Å². The van der Waals surface area contributed by atoms with Crippen molar-refractivity contribution in [1.82, 2.24) is 10.3 Å². The largest absolute Gasteiger partial charge is 0.344 e. The summed E-state index contributed by atoms with van der Waals surface area (Å²) in [5.74, 6) is -0.283. The lowest BCUT2D eigenvalue weighted by atomic mass is 10.1. The first-order valence-electron chi connectivity index (χ1n) is 8.06. The molecule has 0 saturated carbocycles. The Morgan fingerprint density at radius 2 is 1.62 bits per heavy atom. The summed E-state index contributed by atoms with van der Waals surface area (Å²) in [6.45, 7) is 1.91. The minimum absolute atomic E-state index is 0.136. The number of anilines is 2. The molecule has 0 fully saturated rings. The van der Waals surface area contributed by atoms with Gasteiger partial charge < -0.3 is 10.6 Å². The molecule has 0 saturated heterocycles. The van der Waals surface area contributed by atoms with Crippen molar-refractivity contribution in [2.75, 3.05) is 10.6 Å². The molecule has 0 aliphatic rings. The van der Waals surface area contributed by atoms with Crippen molar-refractivity contribution in [2.24, 2.45) is 0 Å². The van der Waals surface area contributed by atoms with Gasteiger partial charge in [0.2, 0.25) is 0 Å². The van der Waals surface area contributed by atoms with E-state index in [9.17, 15) is 9.59 Å². The zero-order chi connectivity index (χ0) is 18.4. The molecular formula is C19H18N4O2S. The van der Waals surface area contributed by atoms with Crippen LogP contribution in [-0.2, 0) is 0 Å². The average molecular weight is 366 g/mol. The Kier molecular flexibility index (Phi) is 5.60. The predicted molar refractivity (Wildman–Crippen MR) is 104 cm³/mol. The minimum Gasteiger partial charge on any atom is -0.344 e. The first-order valence-corrected chi connectivity index (χ1v) is 8.94. The molecule has 3 N–H and O–H groups in total. The van der Waals surface area contributed by atoms with Crippen molar-refractivity contribution >= 4 is 34.1 Å². The molecule has 1 heterocycles. The van der Waals surface area contributed by atoms with Gasteiger partial charge in [0, 0.05) is 11.1 Å². The highest BCUT2D eigenvalue weighted by molar-refractivity contribution is 7.14. The minimum atomic E-state index is -0.407. The molecule has 1 aromatic heterocycles. The molecule has 3 rings (SSSR count). The van der Waals surface area contributed by atoms with Crippen molar-refractivity contribution in [3.8, 4) is 0 Å². The van der Waals surface area contributed by atoms with Gasteiger partial charge in [0.15, 0.2) is 5.13 Å². The average Bonchev–Trinajstić information content (AvgIpc) is 3.11. The third-order valence-corrected chi connectivity index (χ3v) is 4.39. The Hall–Kier alpha value is -3.19. The number of hydrogen-bond acceptors (Lipinski definition) is 4. The fourth-order valence-corrected chi connectivity index (χ4v) is 3.00. The van der Waals surface area contributed by atoms with Crippen LogP contribution in [0.15, 0.2) is 66.0 Å². The molecule has 2 aromatic carbocycles. The lowest BCUT2D eigenvalue weighted by molar-refractivity contribution is 0.0935. The molecular weight excluding hydrogens is 348 g/mol. The van der Waals surface area contributed by atoms with Crippen LogP contribution < -0.4 is 16.0 Å². The highest BCUT2D eigenvalue weighted by Crippen LogP contribution is 2.18. The second-order valence-corrected chi connectivity index (χ2v) is 6.45. The van der Waals surface area contributed by atoms with E-state index in [-0.39, 0.29) is 17.6 Å². The zero-order valence-corrected chi connectivity index (χ0v) is 14.9. The highest BCUT2D eigenvalue weighted by atomic mass is 32.1. The topological polar surface area (TPSA) is 83.1 Å². The van der Waals surface area contributed by atoms with Crippen molar-refractivity contribution in [2.45, 2.75) is 13.0 Å². The molecule has 7 heteroatoms. The van der Waals surface area contributed by atoms with Crippen LogP contribution in [0.4, 0.5) is 15.6 Å². The van der Waals surface area contributed by atoms with E-state index in [2.05, 4.69) is 20.9 Å². The van der Waals surface area contributed by atoms with E-state index >= 15 is 0 Å². The lowest BCUT2D eigenvalue weighted by Crippen LogP contribution is -2.27. The van der Waals surface area contributed by atoms with Gasteiger partial charge >= 0.3 is 6.03 Å². The molecule has 0 bridgehead atoms. The number of urea groups is 1. The number of amides is 3. The van der Waals surface area contributed by atoms with Gasteiger partial charge in [-0.1, -0.05) is 48.5 Å². The second kappa shape index (κ2) is 8.26. The van der Waals surface area contributed by atoms with Gasteiger partial charge in [-0.05, 0) is 24.6 Å². The summed E-state index contributed by atoms with van der Waals surface area (Å²) >= 11 is 1.20. The summed E-state index contributed by atoms with van der Waals surface area (Å²) in [5, 5.41) is 10.2. The summed E-state index contributed by atoms with van der Waals surface area (Å²) in [6.07, 6.45) is 0. The van der Waals surface area contributed by atoms with Gasteiger partial charge in [-0.25, -0.2) is 9.78 Å². The third kappa shape index (κ3) is 4.67. The summed E-state index contributed by atoms with van der Waals surface area (Å²) in [6, 6.07) is 18.2. The standard InChI is InChI=1S/C19H18N4O2S/c1-13(14-8-4-2-5-9-14)20-17(24)16-12-26-19(22-16)23-18(25)21-15-10-6-3-7-11-15/h2-13H,1H3,(H,20,24)(H2,21,22,23,25). The Balaban J connectivity index is 1.57. The fraction of sp³-hybridized carbons (Fsp3) is 0.105. The summed E-state index contributed by atoms with van der Waals surface area (Å²) in [4.78, 5) is 28.5. The molecule has 3 aromatic rings. The number of carbonyl (C=O) groups excluding carboxylic acids is 2. The van der Waals surface area contributed by atoms with Gasteiger partial charge in [0.25, 0.3) is 5.91 Å². The number of benzene rings is 2. The maximum absolute atomic E-state index is 12.3. The SMILES string of the molecule is CC(NC(=O)c1csc(NC(=O)Nc2ccccc2)n1)c1ccccc1. The Bertz CT molecular complexity index is 881. The van der Waals surface area contributed by atoms with E-state index in [1.165, 1.54) is 11.3 Å². The van der Waals surface area contributed by atoms with E-state index in [1.807, 2.05) is 55.5 Å². The molecule has 3 amide bonds. The van der Waals surface area contributed by atoms with Crippen LogP contribution in [0.5, 0.6) is 0 Å². The first kappa shape index (κ1) is 17.6. The lowest BCUT2D eigenvalue weighted by Gasteiger charge is -2.13. The number of para-hydroxylation sites is 1. The van der Waals surface area contributed by atoms with Crippen LogP contribution >= 0.6 is 11.3 Å². The number of nitrogens with one attached hydrogen (secondary N) is 3. The molecule has 0 spiro atoms. The van der Waals surface area contributed by atoms with Crippen LogP contribution in [0.2, 0.25) is 0 Å². The van der Waals surface area contributed by atoms with Gasteiger partial charge in [-0.15, -0.1) is 11.3 Å². The third-order valence-electron chi connectivity index (χ3n) is 3.64. The molecule has 132 valence electrons. The van der Waals surface area contributed by atoms with Crippen molar-refractivity contribution in [3.63, 3.8) is 0 Å². The van der Waals surface area contributed by atoms with Crippen LogP contribution in [0, 0.1) is 0 Å². The summed E-state index contributed by atoms with van der Waals surface area (Å²) in [7, 11) is 0. The number of nitrogens with zero attached hydrogens (tertiary/aromatic N) is 1. The van der Waals surface area contributed by atoms with E-state index in [4.69, 9.17) is 0 Å². The van der Waals surface area contributed by atoms with E-state index in [1.54, 1.807) is 17.5 Å². The highest BCUT2D eigenvalue weighted by Gasteiger charge is 2.15. The van der Waals surface area contributed by atoms with Crippen LogP contribution in [0.3, 0.4) is 0 Å². The Morgan fingerprint density at radius 1 is 0.962 bits per heavy atom. The van der Waals surface area contributed by atoms with Crippen LogP contribution in [0.1, 0.15) is 29.0 Å². The zero-order valence-electron chi connectivity index (χ0n) is 14.1. The molecule has 1 atom stereocenters. The number of thiazole rings is 1. The van der Waals surface area contributed by atoms with E-state index in [0.717, 1.165) is 5.56 Å². The molecule has 0 aliphatic heterocycles. The number of hydrogen-bond donors (Lipinski definition) is 3.